The fourth-order valence-electron chi connectivity index (χ4n) is 1.56. The molecule has 1 aromatic carbocycles. The van der Waals surface area contributed by atoms with Crippen molar-refractivity contribution in [3.05, 3.63) is 40.1 Å². The number of carbonyl (C=O) groups is 1. The van der Waals surface area contributed by atoms with E-state index in [2.05, 4.69) is 26.2 Å². The molecular formula is C12H12BrN3O2. The number of carboxylic acids is 1. The van der Waals surface area contributed by atoms with Crippen LogP contribution in [0, 0.1) is 6.92 Å². The van der Waals surface area contributed by atoms with Crippen LogP contribution in [0.3, 0.4) is 0 Å². The molecule has 0 saturated carbocycles. The lowest BCUT2D eigenvalue weighted by atomic mass is 10.2. The summed E-state index contributed by atoms with van der Waals surface area (Å²) in [5.41, 5.74) is 2.70. The van der Waals surface area contributed by atoms with Crippen LogP contribution in [0.25, 0.3) is 5.69 Å². The van der Waals surface area contributed by atoms with Gasteiger partial charge in [0.1, 0.15) is 0 Å². The molecule has 0 aliphatic carbocycles. The van der Waals surface area contributed by atoms with Gasteiger partial charge in [-0.15, -0.1) is 5.10 Å². The van der Waals surface area contributed by atoms with Gasteiger partial charge < -0.3 is 5.11 Å². The number of aliphatic carboxylic acids is 1. The van der Waals surface area contributed by atoms with Gasteiger partial charge in [-0.2, -0.15) is 0 Å². The van der Waals surface area contributed by atoms with Crippen LogP contribution in [-0.4, -0.2) is 26.1 Å². The predicted molar refractivity (Wildman–Crippen MR) is 69.8 cm³/mol. The van der Waals surface area contributed by atoms with Gasteiger partial charge in [0, 0.05) is 10.9 Å². The maximum absolute atomic E-state index is 10.5. The predicted octanol–water partition coefficient (Wildman–Crippen LogP) is 2.36. The number of carboxylic acid groups (broad SMARTS) is 1. The Morgan fingerprint density at radius 1 is 1.50 bits per heavy atom. The third-order valence-corrected chi connectivity index (χ3v) is 3.12. The largest absolute Gasteiger partial charge is 0.481 e. The molecule has 5 nitrogen and oxygen atoms in total. The summed E-state index contributed by atoms with van der Waals surface area (Å²) in [5.74, 6) is -0.832. The van der Waals surface area contributed by atoms with E-state index >= 15 is 0 Å². The first-order valence-electron chi connectivity index (χ1n) is 5.46. The summed E-state index contributed by atoms with van der Waals surface area (Å²) in [6, 6.07) is 5.92. The van der Waals surface area contributed by atoms with Gasteiger partial charge in [-0.25, -0.2) is 4.68 Å². The molecule has 1 N–H and O–H groups in total. The minimum Gasteiger partial charge on any atom is -0.481 e. The van der Waals surface area contributed by atoms with Crippen LogP contribution in [0.2, 0.25) is 0 Å². The highest BCUT2D eigenvalue weighted by Gasteiger charge is 2.07. The normalized spacial score (nSPS) is 10.6. The molecule has 0 saturated heterocycles. The van der Waals surface area contributed by atoms with Gasteiger partial charge in [-0.05, 0) is 40.5 Å². The van der Waals surface area contributed by atoms with E-state index in [1.807, 2.05) is 25.1 Å². The molecule has 0 atom stereocenters. The van der Waals surface area contributed by atoms with Crippen molar-refractivity contribution >= 4 is 21.9 Å². The van der Waals surface area contributed by atoms with Crippen molar-refractivity contribution in [2.24, 2.45) is 0 Å². The van der Waals surface area contributed by atoms with Crippen LogP contribution in [0.15, 0.2) is 28.9 Å². The molecular weight excluding hydrogens is 298 g/mol. The lowest BCUT2D eigenvalue weighted by Gasteiger charge is -2.03. The molecule has 18 heavy (non-hydrogen) atoms. The monoisotopic (exact) mass is 309 g/mol. The summed E-state index contributed by atoms with van der Waals surface area (Å²) < 4.78 is 2.57. The molecule has 0 aliphatic heterocycles. The molecule has 0 aliphatic rings. The Bertz CT molecular complexity index is 580. The Morgan fingerprint density at radius 2 is 2.28 bits per heavy atom. The van der Waals surface area contributed by atoms with Crippen molar-refractivity contribution in [2.75, 3.05) is 0 Å². The van der Waals surface area contributed by atoms with Crippen molar-refractivity contribution < 1.29 is 9.90 Å². The number of aromatic nitrogens is 3. The van der Waals surface area contributed by atoms with E-state index in [4.69, 9.17) is 5.11 Å². The summed E-state index contributed by atoms with van der Waals surface area (Å²) in [5, 5.41) is 16.6. The summed E-state index contributed by atoms with van der Waals surface area (Å²) in [6.45, 7) is 2.01. The van der Waals surface area contributed by atoms with Crippen LogP contribution >= 0.6 is 15.9 Å². The van der Waals surface area contributed by atoms with Crippen LogP contribution in [0.1, 0.15) is 17.7 Å². The Morgan fingerprint density at radius 3 is 2.94 bits per heavy atom. The highest BCUT2D eigenvalue weighted by molar-refractivity contribution is 9.10. The minimum absolute atomic E-state index is 0.0633. The minimum atomic E-state index is -0.832. The fourth-order valence-corrected chi connectivity index (χ4v) is 2.24. The van der Waals surface area contributed by atoms with Crippen LogP contribution in [-0.2, 0) is 11.2 Å². The highest BCUT2D eigenvalue weighted by Crippen LogP contribution is 2.21. The summed E-state index contributed by atoms with van der Waals surface area (Å²) >= 11 is 3.47. The molecule has 2 aromatic rings. The van der Waals surface area contributed by atoms with Gasteiger partial charge in [-0.1, -0.05) is 11.3 Å². The van der Waals surface area contributed by atoms with E-state index < -0.39 is 5.97 Å². The van der Waals surface area contributed by atoms with Crippen molar-refractivity contribution in [2.45, 2.75) is 19.8 Å². The standard InChI is InChI=1S/C12H12BrN3O2/c1-8-2-4-11(10(13)6-8)16-7-9(14-15-16)3-5-12(17)18/h2,4,6-7H,3,5H2,1H3,(H,17,18). The zero-order chi connectivity index (χ0) is 13.1. The van der Waals surface area contributed by atoms with E-state index in [1.165, 1.54) is 0 Å². The Hall–Kier alpha value is -1.69. The smallest absolute Gasteiger partial charge is 0.303 e. The molecule has 1 aromatic heterocycles. The van der Waals surface area contributed by atoms with E-state index in [0.717, 1.165) is 15.7 Å². The van der Waals surface area contributed by atoms with Gasteiger partial charge in [0.05, 0.1) is 24.0 Å². The third-order valence-electron chi connectivity index (χ3n) is 2.49. The first-order valence-corrected chi connectivity index (χ1v) is 6.25. The van der Waals surface area contributed by atoms with Gasteiger partial charge in [0.2, 0.25) is 0 Å². The number of hydrogen-bond acceptors (Lipinski definition) is 3. The average molecular weight is 310 g/mol. The topological polar surface area (TPSA) is 68.0 Å². The number of halogens is 1. The average Bonchev–Trinajstić information content (AvgIpc) is 2.75. The number of hydrogen-bond donors (Lipinski definition) is 1. The van der Waals surface area contributed by atoms with Crippen LogP contribution in [0.4, 0.5) is 0 Å². The first-order chi connectivity index (χ1) is 8.56. The zero-order valence-corrected chi connectivity index (χ0v) is 11.4. The van der Waals surface area contributed by atoms with Crippen molar-refractivity contribution in [1.29, 1.82) is 0 Å². The Kier molecular flexibility index (Phi) is 3.76. The molecule has 2 rings (SSSR count). The zero-order valence-electron chi connectivity index (χ0n) is 9.80. The van der Waals surface area contributed by atoms with Crippen molar-refractivity contribution in [3.8, 4) is 5.69 Å². The number of rotatable bonds is 4. The van der Waals surface area contributed by atoms with Gasteiger partial charge >= 0.3 is 5.97 Å². The molecule has 94 valence electrons. The van der Waals surface area contributed by atoms with E-state index in [9.17, 15) is 4.79 Å². The lowest BCUT2D eigenvalue weighted by Crippen LogP contribution is -1.97. The molecule has 0 bridgehead atoms. The summed E-state index contributed by atoms with van der Waals surface area (Å²) in [6.07, 6.45) is 2.20. The molecule has 0 amide bonds. The van der Waals surface area contributed by atoms with Crippen molar-refractivity contribution in [3.63, 3.8) is 0 Å². The van der Waals surface area contributed by atoms with E-state index in [1.54, 1.807) is 10.9 Å². The third kappa shape index (κ3) is 2.95. The fraction of sp³-hybridized carbons (Fsp3) is 0.250. The number of nitrogens with zero attached hydrogens (tertiary/aromatic N) is 3. The van der Waals surface area contributed by atoms with Gasteiger partial charge in [-0.3, -0.25) is 4.79 Å². The second-order valence-electron chi connectivity index (χ2n) is 4.00. The van der Waals surface area contributed by atoms with E-state index in [-0.39, 0.29) is 6.42 Å². The lowest BCUT2D eigenvalue weighted by molar-refractivity contribution is -0.136. The molecule has 0 unspecified atom stereocenters. The van der Waals surface area contributed by atoms with Crippen molar-refractivity contribution in [1.82, 2.24) is 15.0 Å². The summed E-state index contributed by atoms with van der Waals surface area (Å²) in [7, 11) is 0. The maximum Gasteiger partial charge on any atom is 0.303 e. The number of benzene rings is 1. The quantitative estimate of drug-likeness (QED) is 0.941. The van der Waals surface area contributed by atoms with Gasteiger partial charge in [0.15, 0.2) is 0 Å². The Labute approximate surface area is 113 Å². The molecule has 0 spiro atoms. The second-order valence-corrected chi connectivity index (χ2v) is 4.86. The molecule has 0 fully saturated rings. The first kappa shape index (κ1) is 12.8. The number of aryl methyl sites for hydroxylation is 2. The van der Waals surface area contributed by atoms with Crippen LogP contribution in [0.5, 0.6) is 0 Å². The Balaban J connectivity index is 2.21. The molecule has 1 heterocycles. The van der Waals surface area contributed by atoms with Gasteiger partial charge in [0.25, 0.3) is 0 Å². The molecule has 0 radical (unpaired) electrons. The SMILES string of the molecule is Cc1ccc(-n2cc(CCC(=O)O)nn2)c(Br)c1. The summed E-state index contributed by atoms with van der Waals surface area (Å²) in [4.78, 5) is 10.5. The van der Waals surface area contributed by atoms with Crippen LogP contribution < -0.4 is 0 Å². The molecule has 6 heteroatoms. The second kappa shape index (κ2) is 5.30. The van der Waals surface area contributed by atoms with E-state index in [0.29, 0.717) is 12.1 Å². The maximum atomic E-state index is 10.5. The highest BCUT2D eigenvalue weighted by atomic mass is 79.9.